The number of hydrogen-bond acceptors (Lipinski definition) is 3. The molecule has 0 aromatic carbocycles. The highest BCUT2D eigenvalue weighted by molar-refractivity contribution is 6.05. The van der Waals surface area contributed by atoms with Gasteiger partial charge in [0, 0.05) is 12.8 Å². The van der Waals surface area contributed by atoms with E-state index in [1.54, 1.807) is 0 Å². The van der Waals surface area contributed by atoms with Crippen LogP contribution in [0.5, 0.6) is 0 Å². The maximum absolute atomic E-state index is 10.1. The van der Waals surface area contributed by atoms with Crippen LogP contribution < -0.4 is 0 Å². The van der Waals surface area contributed by atoms with E-state index in [1.165, 1.54) is 7.05 Å². The Kier molecular flexibility index (Phi) is 3.87. The average molecular weight is 159 g/mol. The maximum Gasteiger partial charge on any atom is 0.309 e. The first-order chi connectivity index (χ1) is 5.06. The van der Waals surface area contributed by atoms with Gasteiger partial charge in [-0.1, -0.05) is 0 Å². The number of aliphatic carboxylic acids is 2. The fourth-order valence-corrected chi connectivity index (χ4v) is 0.570. The van der Waals surface area contributed by atoms with Gasteiger partial charge in [-0.2, -0.15) is 0 Å². The van der Waals surface area contributed by atoms with Gasteiger partial charge >= 0.3 is 11.9 Å². The van der Waals surface area contributed by atoms with Crippen molar-refractivity contribution in [2.24, 2.45) is 4.99 Å². The molecular formula is C6H9NO4. The number of aliphatic imine (C=N–C) groups is 1. The molecule has 0 aliphatic carbocycles. The lowest BCUT2D eigenvalue weighted by atomic mass is 10.2. The fourth-order valence-electron chi connectivity index (χ4n) is 0.570. The van der Waals surface area contributed by atoms with Crippen molar-refractivity contribution in [2.45, 2.75) is 12.8 Å². The van der Waals surface area contributed by atoms with Crippen LogP contribution in [0.3, 0.4) is 0 Å². The summed E-state index contributed by atoms with van der Waals surface area (Å²) >= 11 is 0. The van der Waals surface area contributed by atoms with Gasteiger partial charge in [-0.15, -0.1) is 0 Å². The van der Waals surface area contributed by atoms with E-state index in [2.05, 4.69) is 4.99 Å². The van der Waals surface area contributed by atoms with Gasteiger partial charge in [-0.25, -0.2) is 0 Å². The Morgan fingerprint density at radius 2 is 1.55 bits per heavy atom. The normalized spacial score (nSPS) is 8.82. The van der Waals surface area contributed by atoms with Crippen molar-refractivity contribution in [3.05, 3.63) is 0 Å². The molecule has 0 amide bonds. The summed E-state index contributed by atoms with van der Waals surface area (Å²) in [5, 5.41) is 16.5. The summed E-state index contributed by atoms with van der Waals surface area (Å²) in [6.45, 7) is 0. The number of carbonyl (C=O) groups is 2. The molecule has 2 N–H and O–H groups in total. The van der Waals surface area contributed by atoms with E-state index in [4.69, 9.17) is 10.2 Å². The zero-order valence-corrected chi connectivity index (χ0v) is 6.07. The van der Waals surface area contributed by atoms with Crippen LogP contribution in [0.15, 0.2) is 4.99 Å². The summed E-state index contributed by atoms with van der Waals surface area (Å²) < 4.78 is 0. The summed E-state index contributed by atoms with van der Waals surface area (Å²) in [7, 11) is 1.38. The van der Waals surface area contributed by atoms with Crippen LogP contribution in [0.25, 0.3) is 0 Å². The van der Waals surface area contributed by atoms with Gasteiger partial charge in [-0.05, 0) is 0 Å². The van der Waals surface area contributed by atoms with Crippen LogP contribution in [-0.4, -0.2) is 34.9 Å². The standard InChI is InChI=1S/C6H9NO4/c1-7-4(2-5(8)9)3-6(10)11/h2-3H2,1H3,(H,8,9)(H,10,11). The third-order valence-electron chi connectivity index (χ3n) is 1.03. The second kappa shape index (κ2) is 4.43. The van der Waals surface area contributed by atoms with Crippen LogP contribution in [0.2, 0.25) is 0 Å². The molecule has 5 nitrogen and oxygen atoms in total. The van der Waals surface area contributed by atoms with Crippen molar-refractivity contribution in [2.75, 3.05) is 7.05 Å². The molecule has 5 heteroatoms. The third-order valence-corrected chi connectivity index (χ3v) is 1.03. The van der Waals surface area contributed by atoms with Crippen LogP contribution >= 0.6 is 0 Å². The van der Waals surface area contributed by atoms with Crippen molar-refractivity contribution >= 4 is 17.7 Å². The summed E-state index contributed by atoms with van der Waals surface area (Å²) in [5.41, 5.74) is 0.171. The van der Waals surface area contributed by atoms with E-state index in [0.717, 1.165) is 0 Å². The van der Waals surface area contributed by atoms with Gasteiger partial charge < -0.3 is 10.2 Å². The van der Waals surface area contributed by atoms with Crippen LogP contribution in [0.4, 0.5) is 0 Å². The molecule has 11 heavy (non-hydrogen) atoms. The molecule has 0 heterocycles. The van der Waals surface area contributed by atoms with E-state index in [1.807, 2.05) is 0 Å². The fraction of sp³-hybridized carbons (Fsp3) is 0.500. The molecule has 0 saturated carbocycles. The quantitative estimate of drug-likeness (QED) is 0.565. The van der Waals surface area contributed by atoms with E-state index in [0.29, 0.717) is 0 Å². The molecule has 0 saturated heterocycles. The Hall–Kier alpha value is -1.39. The SMILES string of the molecule is CN=C(CC(=O)O)CC(=O)O. The molecule has 0 aromatic heterocycles. The van der Waals surface area contributed by atoms with Crippen molar-refractivity contribution in [3.8, 4) is 0 Å². The van der Waals surface area contributed by atoms with Gasteiger partial charge in [0.25, 0.3) is 0 Å². The Morgan fingerprint density at radius 3 is 1.73 bits per heavy atom. The smallest absolute Gasteiger partial charge is 0.309 e. The van der Waals surface area contributed by atoms with Gasteiger partial charge in [0.1, 0.15) is 0 Å². The van der Waals surface area contributed by atoms with E-state index < -0.39 is 11.9 Å². The van der Waals surface area contributed by atoms with Crippen molar-refractivity contribution in [1.82, 2.24) is 0 Å². The molecule has 0 unspecified atom stereocenters. The van der Waals surface area contributed by atoms with E-state index in [9.17, 15) is 9.59 Å². The second-order valence-electron chi connectivity index (χ2n) is 1.93. The molecule has 0 rings (SSSR count). The number of nitrogens with zero attached hydrogens (tertiary/aromatic N) is 1. The van der Waals surface area contributed by atoms with Crippen molar-refractivity contribution < 1.29 is 19.8 Å². The zero-order valence-electron chi connectivity index (χ0n) is 6.07. The molecule has 0 fully saturated rings. The Bertz CT molecular complexity index is 179. The van der Waals surface area contributed by atoms with E-state index >= 15 is 0 Å². The molecule has 0 spiro atoms. The van der Waals surface area contributed by atoms with Crippen LogP contribution in [0.1, 0.15) is 12.8 Å². The summed E-state index contributed by atoms with van der Waals surface area (Å²) in [6.07, 6.45) is -0.606. The lowest BCUT2D eigenvalue weighted by Gasteiger charge is -1.96. The highest BCUT2D eigenvalue weighted by atomic mass is 16.4. The van der Waals surface area contributed by atoms with Gasteiger partial charge in [0.05, 0.1) is 12.8 Å². The van der Waals surface area contributed by atoms with Gasteiger partial charge in [0.2, 0.25) is 0 Å². The lowest BCUT2D eigenvalue weighted by molar-refractivity contribution is -0.135. The molecule has 0 bridgehead atoms. The number of rotatable bonds is 4. The van der Waals surface area contributed by atoms with Crippen LogP contribution in [0, 0.1) is 0 Å². The maximum atomic E-state index is 10.1. The topological polar surface area (TPSA) is 87.0 Å². The molecule has 0 aliphatic heterocycles. The predicted octanol–water partition coefficient (Wildman–Crippen LogP) is 0.00660. The first kappa shape index (κ1) is 9.61. The van der Waals surface area contributed by atoms with E-state index in [-0.39, 0.29) is 18.6 Å². The highest BCUT2D eigenvalue weighted by Gasteiger charge is 2.08. The van der Waals surface area contributed by atoms with Crippen molar-refractivity contribution in [3.63, 3.8) is 0 Å². The molecule has 0 atom stereocenters. The second-order valence-corrected chi connectivity index (χ2v) is 1.93. The molecule has 0 radical (unpaired) electrons. The number of carboxylic acid groups (broad SMARTS) is 2. The lowest BCUT2D eigenvalue weighted by Crippen LogP contribution is -2.11. The summed E-state index contributed by atoms with van der Waals surface area (Å²) in [4.78, 5) is 23.7. The zero-order chi connectivity index (χ0) is 8.85. The minimum atomic E-state index is -1.06. The number of hydrogen-bond donors (Lipinski definition) is 2. The third kappa shape index (κ3) is 5.07. The highest BCUT2D eigenvalue weighted by Crippen LogP contribution is 1.92. The number of carboxylic acids is 2. The minimum absolute atomic E-state index is 0.171. The molecule has 0 aliphatic rings. The average Bonchev–Trinajstić information content (AvgIpc) is 1.84. The first-order valence-corrected chi connectivity index (χ1v) is 2.94. The van der Waals surface area contributed by atoms with Crippen LogP contribution in [-0.2, 0) is 9.59 Å². The molecule has 62 valence electrons. The molecular weight excluding hydrogens is 150 g/mol. The summed E-state index contributed by atoms with van der Waals surface area (Å²) in [5.74, 6) is -2.13. The molecule has 0 aromatic rings. The van der Waals surface area contributed by atoms with Gasteiger partial charge in [-0.3, -0.25) is 14.6 Å². The Labute approximate surface area is 63.4 Å². The largest absolute Gasteiger partial charge is 0.481 e. The van der Waals surface area contributed by atoms with Gasteiger partial charge in [0.15, 0.2) is 0 Å². The van der Waals surface area contributed by atoms with Crippen molar-refractivity contribution in [1.29, 1.82) is 0 Å². The predicted molar refractivity (Wildman–Crippen MR) is 37.9 cm³/mol. The Morgan fingerprint density at radius 1 is 1.18 bits per heavy atom. The minimum Gasteiger partial charge on any atom is -0.481 e. The Balaban J connectivity index is 3.99. The first-order valence-electron chi connectivity index (χ1n) is 2.94. The monoisotopic (exact) mass is 159 g/mol. The summed E-state index contributed by atoms with van der Waals surface area (Å²) in [6, 6.07) is 0.